The van der Waals surface area contributed by atoms with Crippen molar-refractivity contribution in [3.63, 3.8) is 0 Å². The SMILES string of the molecule is O=C(O)N1CCCN(C(=O)N2CCS(=O)CC2)CC1. The lowest BCUT2D eigenvalue weighted by Crippen LogP contribution is -2.49. The maximum Gasteiger partial charge on any atom is 0.407 e. The highest BCUT2D eigenvalue weighted by molar-refractivity contribution is 7.85. The van der Waals surface area contributed by atoms with E-state index in [9.17, 15) is 13.8 Å². The van der Waals surface area contributed by atoms with Crippen LogP contribution < -0.4 is 0 Å². The summed E-state index contributed by atoms with van der Waals surface area (Å²) in [5, 5.41) is 8.94. The molecule has 0 bridgehead atoms. The molecule has 0 saturated carbocycles. The molecule has 0 aromatic carbocycles. The Hall–Kier alpha value is -1.31. The molecule has 1 N–H and O–H groups in total. The van der Waals surface area contributed by atoms with Gasteiger partial charge in [-0.2, -0.15) is 0 Å². The minimum atomic E-state index is -0.928. The standard InChI is InChI=1S/C11H19N3O4S/c15-10(13-6-8-19(18)9-7-13)12-2-1-3-14(5-4-12)11(16)17/h1-9H2,(H,16,17). The maximum absolute atomic E-state index is 12.3. The van der Waals surface area contributed by atoms with Gasteiger partial charge in [0.25, 0.3) is 0 Å². The molecule has 2 fully saturated rings. The first kappa shape index (κ1) is 14.1. The molecule has 0 atom stereocenters. The van der Waals surface area contributed by atoms with Crippen molar-refractivity contribution in [1.82, 2.24) is 14.7 Å². The van der Waals surface area contributed by atoms with Crippen LogP contribution in [-0.2, 0) is 10.8 Å². The van der Waals surface area contributed by atoms with Crippen molar-refractivity contribution in [2.45, 2.75) is 6.42 Å². The number of carbonyl (C=O) groups excluding carboxylic acids is 1. The van der Waals surface area contributed by atoms with E-state index in [2.05, 4.69) is 0 Å². The molecule has 19 heavy (non-hydrogen) atoms. The summed E-state index contributed by atoms with van der Waals surface area (Å²) in [5.74, 6) is 1.08. The van der Waals surface area contributed by atoms with E-state index in [-0.39, 0.29) is 6.03 Å². The fraction of sp³-hybridized carbons (Fsp3) is 0.818. The summed E-state index contributed by atoms with van der Waals surface area (Å²) in [5.41, 5.74) is 0. The van der Waals surface area contributed by atoms with Gasteiger partial charge in [0.05, 0.1) is 0 Å². The van der Waals surface area contributed by atoms with Crippen LogP contribution in [0.3, 0.4) is 0 Å². The van der Waals surface area contributed by atoms with E-state index < -0.39 is 16.9 Å². The zero-order valence-electron chi connectivity index (χ0n) is 10.8. The lowest BCUT2D eigenvalue weighted by Gasteiger charge is -2.32. The summed E-state index contributed by atoms with van der Waals surface area (Å²) < 4.78 is 11.3. The van der Waals surface area contributed by atoms with Gasteiger partial charge in [-0.3, -0.25) is 4.21 Å². The van der Waals surface area contributed by atoms with Gasteiger partial charge in [-0.1, -0.05) is 0 Å². The second kappa shape index (κ2) is 6.23. The van der Waals surface area contributed by atoms with Crippen molar-refractivity contribution in [2.24, 2.45) is 0 Å². The van der Waals surface area contributed by atoms with Crippen molar-refractivity contribution >= 4 is 22.9 Å². The number of rotatable bonds is 0. The van der Waals surface area contributed by atoms with E-state index in [1.54, 1.807) is 9.80 Å². The van der Waals surface area contributed by atoms with Gasteiger partial charge in [-0.15, -0.1) is 0 Å². The largest absolute Gasteiger partial charge is 0.465 e. The van der Waals surface area contributed by atoms with E-state index in [1.165, 1.54) is 4.90 Å². The number of hydrogen-bond acceptors (Lipinski definition) is 3. The van der Waals surface area contributed by atoms with Crippen LogP contribution in [0.2, 0.25) is 0 Å². The third-order valence-electron chi connectivity index (χ3n) is 3.49. The molecule has 2 heterocycles. The average molecular weight is 289 g/mol. The molecule has 2 aliphatic heterocycles. The van der Waals surface area contributed by atoms with Crippen molar-refractivity contribution < 1.29 is 18.9 Å². The summed E-state index contributed by atoms with van der Waals surface area (Å²) in [6, 6.07) is -0.0519. The zero-order chi connectivity index (χ0) is 13.8. The minimum Gasteiger partial charge on any atom is -0.465 e. The van der Waals surface area contributed by atoms with E-state index in [1.807, 2.05) is 0 Å². The van der Waals surface area contributed by atoms with Crippen molar-refractivity contribution in [1.29, 1.82) is 0 Å². The molecule has 0 unspecified atom stereocenters. The van der Waals surface area contributed by atoms with Gasteiger partial charge >= 0.3 is 12.1 Å². The summed E-state index contributed by atoms with van der Waals surface area (Å²) in [6.45, 7) is 2.92. The molecule has 2 aliphatic rings. The van der Waals surface area contributed by atoms with Gasteiger partial charge in [0.15, 0.2) is 0 Å². The molecule has 3 amide bonds. The zero-order valence-corrected chi connectivity index (χ0v) is 11.6. The number of nitrogens with zero attached hydrogens (tertiary/aromatic N) is 3. The highest BCUT2D eigenvalue weighted by atomic mass is 32.2. The van der Waals surface area contributed by atoms with Crippen LogP contribution in [0.15, 0.2) is 0 Å². The lowest BCUT2D eigenvalue weighted by atomic mass is 10.4. The molecule has 0 aromatic rings. The van der Waals surface area contributed by atoms with E-state index in [0.717, 1.165) is 0 Å². The van der Waals surface area contributed by atoms with E-state index in [0.29, 0.717) is 57.2 Å². The third-order valence-corrected chi connectivity index (χ3v) is 4.76. The Morgan fingerprint density at radius 2 is 1.37 bits per heavy atom. The fourth-order valence-corrected chi connectivity index (χ4v) is 3.38. The Kier molecular flexibility index (Phi) is 4.62. The Bertz CT molecular complexity index is 380. The van der Waals surface area contributed by atoms with Crippen LogP contribution >= 0.6 is 0 Å². The highest BCUT2D eigenvalue weighted by Crippen LogP contribution is 2.09. The predicted molar refractivity (Wildman–Crippen MR) is 70.6 cm³/mol. The van der Waals surface area contributed by atoms with Gasteiger partial charge in [-0.25, -0.2) is 9.59 Å². The molecule has 108 valence electrons. The number of carboxylic acid groups (broad SMARTS) is 1. The summed E-state index contributed by atoms with van der Waals surface area (Å²) >= 11 is 0. The average Bonchev–Trinajstić information content (AvgIpc) is 2.64. The number of urea groups is 1. The number of hydrogen-bond donors (Lipinski definition) is 1. The molecule has 2 rings (SSSR count). The molecular formula is C11H19N3O4S. The second-order valence-corrected chi connectivity index (χ2v) is 6.42. The van der Waals surface area contributed by atoms with Gasteiger partial charge in [0.1, 0.15) is 0 Å². The smallest absolute Gasteiger partial charge is 0.407 e. The van der Waals surface area contributed by atoms with Crippen LogP contribution in [-0.4, -0.2) is 86.9 Å². The molecule has 2 saturated heterocycles. The van der Waals surface area contributed by atoms with Crippen molar-refractivity contribution in [3.8, 4) is 0 Å². The molecule has 0 spiro atoms. The first-order valence-electron chi connectivity index (χ1n) is 6.44. The van der Waals surface area contributed by atoms with Gasteiger partial charge in [0.2, 0.25) is 0 Å². The van der Waals surface area contributed by atoms with Crippen molar-refractivity contribution in [2.75, 3.05) is 50.8 Å². The first-order valence-corrected chi connectivity index (χ1v) is 7.93. The van der Waals surface area contributed by atoms with Gasteiger partial charge < -0.3 is 19.8 Å². The normalized spacial score (nSPS) is 22.2. The van der Waals surface area contributed by atoms with Crippen LogP contribution in [0.25, 0.3) is 0 Å². The van der Waals surface area contributed by atoms with Crippen molar-refractivity contribution in [3.05, 3.63) is 0 Å². The van der Waals surface area contributed by atoms with Crippen LogP contribution in [0.5, 0.6) is 0 Å². The number of amides is 3. The highest BCUT2D eigenvalue weighted by Gasteiger charge is 2.27. The lowest BCUT2D eigenvalue weighted by molar-refractivity contribution is 0.142. The first-order chi connectivity index (χ1) is 9.08. The Labute approximate surface area is 114 Å². The monoisotopic (exact) mass is 289 g/mol. The molecule has 0 aliphatic carbocycles. The predicted octanol–water partition coefficient (Wildman–Crippen LogP) is -0.144. The Morgan fingerprint density at radius 3 is 2.00 bits per heavy atom. The summed E-state index contributed by atoms with van der Waals surface area (Å²) in [4.78, 5) is 27.9. The topological polar surface area (TPSA) is 81.2 Å². The third kappa shape index (κ3) is 3.59. The van der Waals surface area contributed by atoms with E-state index >= 15 is 0 Å². The molecular weight excluding hydrogens is 270 g/mol. The fourth-order valence-electron chi connectivity index (χ4n) is 2.33. The van der Waals surface area contributed by atoms with E-state index in [4.69, 9.17) is 5.11 Å². The van der Waals surface area contributed by atoms with Crippen LogP contribution in [0.4, 0.5) is 9.59 Å². The summed E-state index contributed by atoms with van der Waals surface area (Å²) in [7, 11) is -0.796. The maximum atomic E-state index is 12.3. The quantitative estimate of drug-likeness (QED) is 0.673. The molecule has 8 heteroatoms. The minimum absolute atomic E-state index is 0.0519. The van der Waals surface area contributed by atoms with Crippen LogP contribution in [0.1, 0.15) is 6.42 Å². The van der Waals surface area contributed by atoms with Gasteiger partial charge in [0, 0.05) is 61.6 Å². The summed E-state index contributed by atoms with van der Waals surface area (Å²) in [6.07, 6.45) is -0.264. The van der Waals surface area contributed by atoms with Crippen LogP contribution in [0, 0.1) is 0 Å². The Morgan fingerprint density at radius 1 is 0.842 bits per heavy atom. The molecule has 0 radical (unpaired) electrons. The Balaban J connectivity index is 1.89. The molecule has 7 nitrogen and oxygen atoms in total. The number of carbonyl (C=O) groups is 2. The second-order valence-electron chi connectivity index (χ2n) is 4.73. The molecule has 0 aromatic heterocycles. The van der Waals surface area contributed by atoms with Gasteiger partial charge in [-0.05, 0) is 6.42 Å².